The van der Waals surface area contributed by atoms with E-state index in [0.717, 1.165) is 11.1 Å². The first-order chi connectivity index (χ1) is 12.3. The molecule has 0 aromatic heterocycles. The number of sulfonamides is 1. The maximum Gasteiger partial charge on any atom is 0.410 e. The van der Waals surface area contributed by atoms with Gasteiger partial charge in [0.15, 0.2) is 0 Å². The number of hydrogen-bond acceptors (Lipinski definition) is 5. The van der Waals surface area contributed by atoms with Gasteiger partial charge in [-0.05, 0) is 56.7 Å². The Morgan fingerprint density at radius 1 is 1.30 bits per heavy atom. The highest BCUT2D eigenvalue weighted by molar-refractivity contribution is 7.88. The van der Waals surface area contributed by atoms with E-state index in [4.69, 9.17) is 9.88 Å². The van der Waals surface area contributed by atoms with Crippen LogP contribution in [-0.2, 0) is 32.5 Å². The standard InChI is InChI=1S/C19H30N2O5S/c1-5-15-14(13-27(20,24)25)7-6-8-16(15)19(23)9-11-21(12-10-19)17(22)26-18(2,3)4/h6-8,23H,5,9-13H2,1-4H3,(H2,20,24,25). The molecule has 1 saturated heterocycles. The van der Waals surface area contributed by atoms with Crippen molar-refractivity contribution in [3.8, 4) is 0 Å². The zero-order valence-corrected chi connectivity index (χ0v) is 17.3. The average molecular weight is 399 g/mol. The lowest BCUT2D eigenvalue weighted by Crippen LogP contribution is -2.47. The molecule has 1 aromatic rings. The van der Waals surface area contributed by atoms with E-state index < -0.39 is 21.2 Å². The second kappa shape index (κ2) is 7.77. The quantitative estimate of drug-likeness (QED) is 0.808. The summed E-state index contributed by atoms with van der Waals surface area (Å²) >= 11 is 0. The number of ether oxygens (including phenoxy) is 1. The second-order valence-electron chi connectivity index (χ2n) is 8.10. The Morgan fingerprint density at radius 2 is 1.89 bits per heavy atom. The van der Waals surface area contributed by atoms with E-state index in [-0.39, 0.29) is 11.8 Å². The molecule has 1 aliphatic rings. The van der Waals surface area contributed by atoms with Crippen LogP contribution in [0.1, 0.15) is 57.2 Å². The monoisotopic (exact) mass is 398 g/mol. The number of piperidine rings is 1. The summed E-state index contributed by atoms with van der Waals surface area (Å²) in [4.78, 5) is 13.8. The van der Waals surface area contributed by atoms with E-state index in [1.54, 1.807) is 17.0 Å². The molecular formula is C19H30N2O5S. The Labute approximate surface area is 161 Å². The van der Waals surface area contributed by atoms with Gasteiger partial charge in [0.05, 0.1) is 11.4 Å². The van der Waals surface area contributed by atoms with E-state index in [0.29, 0.717) is 37.9 Å². The number of nitrogens with zero attached hydrogens (tertiary/aromatic N) is 1. The van der Waals surface area contributed by atoms with Crippen LogP contribution in [0.2, 0.25) is 0 Å². The lowest BCUT2D eigenvalue weighted by atomic mass is 9.80. The van der Waals surface area contributed by atoms with Gasteiger partial charge in [-0.2, -0.15) is 0 Å². The van der Waals surface area contributed by atoms with E-state index in [1.807, 2.05) is 33.8 Å². The van der Waals surface area contributed by atoms with Gasteiger partial charge in [-0.25, -0.2) is 18.4 Å². The van der Waals surface area contributed by atoms with Gasteiger partial charge < -0.3 is 14.7 Å². The molecule has 0 bridgehead atoms. The molecule has 0 unspecified atom stereocenters. The van der Waals surface area contributed by atoms with Crippen LogP contribution < -0.4 is 5.14 Å². The molecule has 8 heteroatoms. The molecule has 0 radical (unpaired) electrons. The van der Waals surface area contributed by atoms with Crippen molar-refractivity contribution in [3.05, 3.63) is 34.9 Å². The zero-order chi connectivity index (χ0) is 20.5. The number of hydrogen-bond donors (Lipinski definition) is 2. The number of likely N-dealkylation sites (tertiary alicyclic amines) is 1. The third-order valence-electron chi connectivity index (χ3n) is 4.73. The van der Waals surface area contributed by atoms with Crippen LogP contribution in [0.3, 0.4) is 0 Å². The number of amides is 1. The molecule has 152 valence electrons. The van der Waals surface area contributed by atoms with E-state index in [9.17, 15) is 18.3 Å². The van der Waals surface area contributed by atoms with Crippen LogP contribution in [0.15, 0.2) is 18.2 Å². The van der Waals surface area contributed by atoms with Gasteiger partial charge in [0.2, 0.25) is 10.0 Å². The zero-order valence-electron chi connectivity index (χ0n) is 16.5. The summed E-state index contributed by atoms with van der Waals surface area (Å²) in [6.07, 6.45) is 0.915. The third kappa shape index (κ3) is 5.67. The number of primary sulfonamides is 1. The van der Waals surface area contributed by atoms with Crippen LogP contribution in [0.25, 0.3) is 0 Å². The fraction of sp³-hybridized carbons (Fsp3) is 0.632. The summed E-state index contributed by atoms with van der Waals surface area (Å²) in [5.74, 6) is -0.260. The summed E-state index contributed by atoms with van der Waals surface area (Å²) in [5.41, 5.74) is 0.454. The maximum absolute atomic E-state index is 12.2. The fourth-order valence-corrected chi connectivity index (χ4v) is 4.20. The first kappa shape index (κ1) is 21.7. The third-order valence-corrected chi connectivity index (χ3v) is 5.44. The SMILES string of the molecule is CCc1c(CS(N)(=O)=O)cccc1C1(O)CCN(C(=O)OC(C)(C)C)CC1. The summed E-state index contributed by atoms with van der Waals surface area (Å²) < 4.78 is 28.4. The van der Waals surface area contributed by atoms with Crippen molar-refractivity contribution in [2.24, 2.45) is 5.14 Å². The topological polar surface area (TPSA) is 110 Å². The predicted octanol–water partition coefficient (Wildman–Crippen LogP) is 2.26. The van der Waals surface area contributed by atoms with Crippen LogP contribution in [-0.4, -0.2) is 43.2 Å². The van der Waals surface area contributed by atoms with E-state index in [2.05, 4.69) is 0 Å². The van der Waals surface area contributed by atoms with Crippen molar-refractivity contribution in [1.29, 1.82) is 0 Å². The van der Waals surface area contributed by atoms with Gasteiger partial charge >= 0.3 is 6.09 Å². The van der Waals surface area contributed by atoms with Crippen molar-refractivity contribution < 1.29 is 23.1 Å². The molecule has 27 heavy (non-hydrogen) atoms. The van der Waals surface area contributed by atoms with Gasteiger partial charge in [-0.1, -0.05) is 25.1 Å². The lowest BCUT2D eigenvalue weighted by molar-refractivity contribution is -0.0361. The molecule has 1 aliphatic heterocycles. The van der Waals surface area contributed by atoms with Gasteiger partial charge in [0.1, 0.15) is 5.60 Å². The lowest BCUT2D eigenvalue weighted by Gasteiger charge is -2.40. The molecule has 1 heterocycles. The van der Waals surface area contributed by atoms with Crippen molar-refractivity contribution in [2.45, 2.75) is 63.9 Å². The molecule has 3 N–H and O–H groups in total. The van der Waals surface area contributed by atoms with Gasteiger partial charge in [-0.3, -0.25) is 0 Å². The Hall–Kier alpha value is -1.64. The second-order valence-corrected chi connectivity index (χ2v) is 9.72. The molecule has 1 aromatic carbocycles. The summed E-state index contributed by atoms with van der Waals surface area (Å²) in [5, 5.41) is 16.5. The molecule has 1 fully saturated rings. The number of aliphatic hydroxyl groups is 1. The molecule has 2 rings (SSSR count). The largest absolute Gasteiger partial charge is 0.444 e. The molecule has 0 spiro atoms. The van der Waals surface area contributed by atoms with Crippen molar-refractivity contribution in [2.75, 3.05) is 13.1 Å². The van der Waals surface area contributed by atoms with Gasteiger partial charge in [0, 0.05) is 13.1 Å². The van der Waals surface area contributed by atoms with E-state index >= 15 is 0 Å². The van der Waals surface area contributed by atoms with Crippen LogP contribution >= 0.6 is 0 Å². The smallest absolute Gasteiger partial charge is 0.410 e. The Balaban J connectivity index is 2.22. The molecule has 0 atom stereocenters. The molecule has 1 amide bonds. The highest BCUT2D eigenvalue weighted by Crippen LogP contribution is 2.36. The predicted molar refractivity (Wildman–Crippen MR) is 104 cm³/mol. The minimum Gasteiger partial charge on any atom is -0.444 e. The minimum atomic E-state index is -3.67. The normalized spacial score (nSPS) is 17.6. The van der Waals surface area contributed by atoms with Crippen molar-refractivity contribution in [3.63, 3.8) is 0 Å². The summed E-state index contributed by atoms with van der Waals surface area (Å²) in [6.45, 7) is 8.10. The number of carbonyl (C=O) groups is 1. The summed E-state index contributed by atoms with van der Waals surface area (Å²) in [6, 6.07) is 5.30. The Kier molecular flexibility index (Phi) is 6.23. The number of benzene rings is 1. The van der Waals surface area contributed by atoms with Gasteiger partial charge in [-0.15, -0.1) is 0 Å². The minimum absolute atomic E-state index is 0.260. The highest BCUT2D eigenvalue weighted by Gasteiger charge is 2.38. The average Bonchev–Trinajstić information content (AvgIpc) is 2.52. The van der Waals surface area contributed by atoms with Gasteiger partial charge in [0.25, 0.3) is 0 Å². The first-order valence-corrected chi connectivity index (χ1v) is 10.9. The van der Waals surface area contributed by atoms with Crippen molar-refractivity contribution in [1.82, 2.24) is 4.90 Å². The number of rotatable bonds is 4. The maximum atomic E-state index is 12.2. The van der Waals surface area contributed by atoms with Crippen LogP contribution in [0.5, 0.6) is 0 Å². The molecule has 7 nitrogen and oxygen atoms in total. The number of carbonyl (C=O) groups excluding carboxylic acids is 1. The fourth-order valence-electron chi connectivity index (χ4n) is 3.50. The molecule has 0 aliphatic carbocycles. The van der Waals surface area contributed by atoms with E-state index in [1.165, 1.54) is 0 Å². The molecule has 0 saturated carbocycles. The molecular weight excluding hydrogens is 368 g/mol. The van der Waals surface area contributed by atoms with Crippen LogP contribution in [0.4, 0.5) is 4.79 Å². The summed E-state index contributed by atoms with van der Waals surface area (Å²) in [7, 11) is -3.67. The Morgan fingerprint density at radius 3 is 2.37 bits per heavy atom. The first-order valence-electron chi connectivity index (χ1n) is 9.17. The highest BCUT2D eigenvalue weighted by atomic mass is 32.2. The number of nitrogens with two attached hydrogens (primary N) is 1. The van der Waals surface area contributed by atoms with Crippen LogP contribution in [0, 0.1) is 0 Å². The Bertz CT molecular complexity index is 791. The van der Waals surface area contributed by atoms with Crippen molar-refractivity contribution >= 4 is 16.1 Å².